The van der Waals surface area contributed by atoms with Crippen molar-refractivity contribution in [3.8, 4) is 17.2 Å². The van der Waals surface area contributed by atoms with Crippen molar-refractivity contribution in [1.29, 1.82) is 0 Å². The van der Waals surface area contributed by atoms with Gasteiger partial charge in [-0.15, -0.1) is 0 Å². The number of nitrogens with one attached hydrogen (secondary N) is 1. The first-order valence-corrected chi connectivity index (χ1v) is 9.44. The molecule has 0 aliphatic rings. The van der Waals surface area contributed by atoms with E-state index in [1.54, 1.807) is 38.3 Å². The molecule has 0 radical (unpaired) electrons. The molecule has 136 valence electrons. The molecule has 2 aromatic rings. The zero-order chi connectivity index (χ0) is 18.3. The number of ether oxygens (including phenoxy) is 3. The molecule has 25 heavy (non-hydrogen) atoms. The lowest BCUT2D eigenvalue weighted by Crippen LogP contribution is -2.28. The van der Waals surface area contributed by atoms with Crippen LogP contribution in [-0.4, -0.2) is 35.3 Å². The van der Waals surface area contributed by atoms with Gasteiger partial charge in [0, 0.05) is 12.6 Å². The second-order valence-corrected chi connectivity index (χ2v) is 7.02. The van der Waals surface area contributed by atoms with Crippen LogP contribution in [0.4, 0.5) is 0 Å². The van der Waals surface area contributed by atoms with E-state index in [-0.39, 0.29) is 18.0 Å². The number of hydrogen-bond donors (Lipinski definition) is 1. The molecule has 7 heteroatoms. The van der Waals surface area contributed by atoms with Crippen LogP contribution < -0.4 is 18.9 Å². The van der Waals surface area contributed by atoms with Gasteiger partial charge < -0.3 is 14.2 Å². The Kier molecular flexibility index (Phi) is 6.66. The summed E-state index contributed by atoms with van der Waals surface area (Å²) >= 11 is 0. The monoisotopic (exact) mass is 365 g/mol. The second kappa shape index (κ2) is 8.73. The second-order valence-electron chi connectivity index (χ2n) is 5.29. The zero-order valence-corrected chi connectivity index (χ0v) is 15.4. The maximum absolute atomic E-state index is 12.4. The molecule has 0 aliphatic carbocycles. The van der Waals surface area contributed by atoms with Crippen molar-refractivity contribution in [2.45, 2.75) is 18.7 Å². The molecule has 0 heterocycles. The van der Waals surface area contributed by atoms with Crippen molar-refractivity contribution >= 4 is 10.0 Å². The highest BCUT2D eigenvalue weighted by Gasteiger charge is 2.16. The summed E-state index contributed by atoms with van der Waals surface area (Å²) in [7, 11) is -2.06. The number of aryl methyl sites for hydroxylation is 1. The van der Waals surface area contributed by atoms with E-state index >= 15 is 0 Å². The summed E-state index contributed by atoms with van der Waals surface area (Å²) in [4.78, 5) is 0.228. The van der Waals surface area contributed by atoms with Crippen LogP contribution in [0.25, 0.3) is 0 Å². The van der Waals surface area contributed by atoms with Crippen LogP contribution in [0.5, 0.6) is 17.2 Å². The Morgan fingerprint density at radius 2 is 1.72 bits per heavy atom. The average molecular weight is 365 g/mol. The number of benzene rings is 2. The van der Waals surface area contributed by atoms with Gasteiger partial charge in [0.1, 0.15) is 23.9 Å². The van der Waals surface area contributed by atoms with E-state index in [1.165, 1.54) is 6.07 Å². The van der Waals surface area contributed by atoms with Crippen molar-refractivity contribution in [3.05, 3.63) is 48.0 Å². The fourth-order valence-electron chi connectivity index (χ4n) is 2.29. The first-order valence-electron chi connectivity index (χ1n) is 7.96. The smallest absolute Gasteiger partial charge is 0.240 e. The minimum atomic E-state index is -3.60. The van der Waals surface area contributed by atoms with Crippen LogP contribution in [0, 0.1) is 6.92 Å². The van der Waals surface area contributed by atoms with Gasteiger partial charge in [0.05, 0.1) is 18.6 Å². The summed E-state index contributed by atoms with van der Waals surface area (Å²) < 4.78 is 43.3. The van der Waals surface area contributed by atoms with E-state index in [0.717, 1.165) is 5.75 Å². The van der Waals surface area contributed by atoms with Gasteiger partial charge in [0.15, 0.2) is 0 Å². The third-order valence-electron chi connectivity index (χ3n) is 3.45. The van der Waals surface area contributed by atoms with E-state index in [0.29, 0.717) is 23.7 Å². The summed E-state index contributed by atoms with van der Waals surface area (Å²) in [6.07, 6.45) is 0. The van der Waals surface area contributed by atoms with Gasteiger partial charge in [-0.05, 0) is 49.7 Å². The van der Waals surface area contributed by atoms with Crippen molar-refractivity contribution in [2.24, 2.45) is 0 Å². The summed E-state index contributed by atoms with van der Waals surface area (Å²) in [5, 5.41) is 0. The molecule has 2 rings (SSSR count). The predicted octanol–water partition coefficient (Wildman–Crippen LogP) is 2.76. The highest BCUT2D eigenvalue weighted by molar-refractivity contribution is 7.89. The van der Waals surface area contributed by atoms with Crippen molar-refractivity contribution in [1.82, 2.24) is 4.72 Å². The van der Waals surface area contributed by atoms with Crippen LogP contribution in [0.2, 0.25) is 0 Å². The van der Waals surface area contributed by atoms with Gasteiger partial charge in [-0.1, -0.05) is 6.07 Å². The first-order chi connectivity index (χ1) is 12.0. The normalized spacial score (nSPS) is 11.2. The average Bonchev–Trinajstić information content (AvgIpc) is 2.59. The summed E-state index contributed by atoms with van der Waals surface area (Å²) in [5.41, 5.74) is 0.622. The van der Waals surface area contributed by atoms with E-state index in [1.807, 2.05) is 19.1 Å². The molecule has 0 atom stereocenters. The molecule has 0 saturated carbocycles. The zero-order valence-electron chi connectivity index (χ0n) is 14.6. The number of rotatable bonds is 9. The van der Waals surface area contributed by atoms with Crippen molar-refractivity contribution < 1.29 is 22.6 Å². The van der Waals surface area contributed by atoms with Gasteiger partial charge in [-0.25, -0.2) is 13.1 Å². The lowest BCUT2D eigenvalue weighted by molar-refractivity contribution is 0.313. The molecular weight excluding hydrogens is 342 g/mol. The highest BCUT2D eigenvalue weighted by Crippen LogP contribution is 2.21. The molecule has 0 bridgehead atoms. The highest BCUT2D eigenvalue weighted by atomic mass is 32.2. The van der Waals surface area contributed by atoms with Crippen molar-refractivity contribution in [3.63, 3.8) is 0 Å². The SMILES string of the molecule is CCOc1cccc(OCCNS(=O)(=O)c2ccc(OC)cc2C)c1. The van der Waals surface area contributed by atoms with E-state index in [9.17, 15) is 8.42 Å². The summed E-state index contributed by atoms with van der Waals surface area (Å²) in [6.45, 7) is 4.58. The number of methoxy groups -OCH3 is 1. The van der Waals surface area contributed by atoms with Gasteiger partial charge in [-0.3, -0.25) is 0 Å². The Labute approximate surface area is 148 Å². The standard InChI is InChI=1S/C18H23NO5S/c1-4-23-16-6-5-7-17(13-16)24-11-10-19-25(20,21)18-9-8-15(22-3)12-14(18)2/h5-9,12-13,19H,4,10-11H2,1-3H3. The Bertz CT molecular complexity index is 805. The fraction of sp³-hybridized carbons (Fsp3) is 0.333. The largest absolute Gasteiger partial charge is 0.497 e. The minimum Gasteiger partial charge on any atom is -0.497 e. The van der Waals surface area contributed by atoms with Crippen LogP contribution in [0.15, 0.2) is 47.4 Å². The Hall–Kier alpha value is -2.25. The van der Waals surface area contributed by atoms with E-state index in [2.05, 4.69) is 4.72 Å². The van der Waals surface area contributed by atoms with Crippen molar-refractivity contribution in [2.75, 3.05) is 26.9 Å². The molecule has 2 aromatic carbocycles. The Morgan fingerprint density at radius 3 is 2.36 bits per heavy atom. The molecule has 0 unspecified atom stereocenters. The van der Waals surface area contributed by atoms with E-state index in [4.69, 9.17) is 14.2 Å². The molecule has 1 N–H and O–H groups in total. The molecule has 0 aliphatic heterocycles. The summed E-state index contributed by atoms with van der Waals surface area (Å²) in [6, 6.07) is 12.1. The molecule has 0 aromatic heterocycles. The molecule has 0 spiro atoms. The van der Waals surface area contributed by atoms with Crippen LogP contribution in [0.1, 0.15) is 12.5 Å². The Balaban J connectivity index is 1.91. The van der Waals surface area contributed by atoms with Gasteiger partial charge in [0.2, 0.25) is 10.0 Å². The maximum atomic E-state index is 12.4. The molecule has 0 amide bonds. The summed E-state index contributed by atoms with van der Waals surface area (Å²) in [5.74, 6) is 1.97. The molecule has 0 fully saturated rings. The number of hydrogen-bond acceptors (Lipinski definition) is 5. The topological polar surface area (TPSA) is 73.9 Å². The fourth-order valence-corrected chi connectivity index (χ4v) is 3.53. The third-order valence-corrected chi connectivity index (χ3v) is 5.07. The van der Waals surface area contributed by atoms with Gasteiger partial charge >= 0.3 is 0 Å². The van der Waals surface area contributed by atoms with Crippen LogP contribution >= 0.6 is 0 Å². The minimum absolute atomic E-state index is 0.159. The quantitative estimate of drug-likeness (QED) is 0.692. The van der Waals surface area contributed by atoms with Crippen LogP contribution in [0.3, 0.4) is 0 Å². The molecule has 0 saturated heterocycles. The molecule has 6 nitrogen and oxygen atoms in total. The first kappa shape index (κ1) is 19.1. The van der Waals surface area contributed by atoms with Gasteiger partial charge in [-0.2, -0.15) is 0 Å². The predicted molar refractivity (Wildman–Crippen MR) is 96.0 cm³/mol. The van der Waals surface area contributed by atoms with E-state index < -0.39 is 10.0 Å². The molecular formula is C18H23NO5S. The third kappa shape index (κ3) is 5.37. The lowest BCUT2D eigenvalue weighted by atomic mass is 10.2. The Morgan fingerprint density at radius 1 is 1.00 bits per heavy atom. The lowest BCUT2D eigenvalue weighted by Gasteiger charge is -2.12. The maximum Gasteiger partial charge on any atom is 0.240 e. The van der Waals surface area contributed by atoms with Gasteiger partial charge in [0.25, 0.3) is 0 Å². The number of sulfonamides is 1. The van der Waals surface area contributed by atoms with Crippen LogP contribution in [-0.2, 0) is 10.0 Å².